The number of thiazole rings is 1. The Morgan fingerprint density at radius 2 is 2.00 bits per heavy atom. The van der Waals surface area contributed by atoms with Gasteiger partial charge in [0.15, 0.2) is 5.82 Å². The number of aromatic nitrogens is 4. The van der Waals surface area contributed by atoms with E-state index in [9.17, 15) is 9.59 Å². The van der Waals surface area contributed by atoms with Crippen molar-refractivity contribution in [2.75, 3.05) is 13.6 Å². The predicted molar refractivity (Wildman–Crippen MR) is 92.6 cm³/mol. The third kappa shape index (κ3) is 2.66. The summed E-state index contributed by atoms with van der Waals surface area (Å²) in [5.74, 6) is 0.909. The summed E-state index contributed by atoms with van der Waals surface area (Å²) in [5, 5.41) is 5.43. The van der Waals surface area contributed by atoms with Gasteiger partial charge in [0.1, 0.15) is 12.4 Å². The van der Waals surface area contributed by atoms with Crippen LogP contribution >= 0.6 is 11.3 Å². The average Bonchev–Trinajstić information content (AvgIpc) is 3.18. The molecule has 0 atom stereocenters. The normalized spacial score (nSPS) is 15.0. The number of nitrogens with zero attached hydrogens (tertiary/aromatic N) is 6. The molecule has 0 radical (unpaired) electrons. The molecule has 0 bridgehead atoms. The molecule has 0 saturated carbocycles. The molecule has 3 amide bonds. The zero-order chi connectivity index (χ0) is 17.7. The van der Waals surface area contributed by atoms with Gasteiger partial charge in [0, 0.05) is 7.05 Å². The fraction of sp³-hybridized carbons (Fsp3) is 0.312. The minimum Gasteiger partial charge on any atom is -0.318 e. The van der Waals surface area contributed by atoms with Crippen molar-refractivity contribution < 1.29 is 9.59 Å². The molecule has 3 heterocycles. The molecule has 128 valence electrons. The van der Waals surface area contributed by atoms with Crippen LogP contribution in [0.25, 0.3) is 15.9 Å². The van der Waals surface area contributed by atoms with E-state index in [1.54, 1.807) is 30.0 Å². The number of rotatable bonds is 3. The van der Waals surface area contributed by atoms with Gasteiger partial charge in [-0.25, -0.2) is 19.4 Å². The number of hydrogen-bond acceptors (Lipinski definition) is 6. The van der Waals surface area contributed by atoms with Crippen molar-refractivity contribution in [2.45, 2.75) is 20.4 Å². The van der Waals surface area contributed by atoms with Crippen LogP contribution in [0.3, 0.4) is 0 Å². The third-order valence-electron chi connectivity index (χ3n) is 4.03. The molecule has 0 spiro atoms. The summed E-state index contributed by atoms with van der Waals surface area (Å²) in [6, 6.07) is 5.54. The molecule has 1 fully saturated rings. The highest BCUT2D eigenvalue weighted by Gasteiger charge is 2.34. The average molecular weight is 356 g/mol. The van der Waals surface area contributed by atoms with E-state index in [-0.39, 0.29) is 25.0 Å². The van der Waals surface area contributed by atoms with Gasteiger partial charge in [0.05, 0.1) is 27.5 Å². The van der Waals surface area contributed by atoms with Crippen LogP contribution < -0.4 is 0 Å². The number of benzene rings is 1. The number of carbonyl (C=O) groups is 2. The fourth-order valence-corrected chi connectivity index (χ4v) is 3.75. The van der Waals surface area contributed by atoms with Gasteiger partial charge in [0.25, 0.3) is 5.91 Å². The van der Waals surface area contributed by atoms with Gasteiger partial charge in [0.2, 0.25) is 0 Å². The first-order chi connectivity index (χ1) is 11.9. The minimum absolute atomic E-state index is 0.0953. The summed E-state index contributed by atoms with van der Waals surface area (Å²) in [6.07, 6.45) is 0. The molecule has 1 aliphatic heterocycles. The number of imide groups is 1. The second-order valence-electron chi connectivity index (χ2n) is 5.99. The summed E-state index contributed by atoms with van der Waals surface area (Å²) in [6.45, 7) is 3.95. The predicted octanol–water partition coefficient (Wildman–Crippen LogP) is 1.89. The Balaban J connectivity index is 1.73. The maximum atomic E-state index is 12.1. The van der Waals surface area contributed by atoms with Crippen LogP contribution in [0.4, 0.5) is 4.79 Å². The van der Waals surface area contributed by atoms with E-state index in [1.807, 2.05) is 25.1 Å². The Morgan fingerprint density at radius 3 is 2.72 bits per heavy atom. The van der Waals surface area contributed by atoms with Crippen molar-refractivity contribution in [2.24, 2.45) is 0 Å². The molecule has 3 aromatic rings. The Hall–Kier alpha value is -2.81. The lowest BCUT2D eigenvalue weighted by atomic mass is 10.3. The van der Waals surface area contributed by atoms with Crippen molar-refractivity contribution >= 4 is 33.5 Å². The van der Waals surface area contributed by atoms with Crippen LogP contribution in [-0.2, 0) is 11.3 Å². The largest absolute Gasteiger partial charge is 0.327 e. The molecule has 1 aliphatic rings. The first-order valence-electron chi connectivity index (χ1n) is 7.78. The highest BCUT2D eigenvalue weighted by Crippen LogP contribution is 2.25. The maximum Gasteiger partial charge on any atom is 0.327 e. The number of amides is 3. The Kier molecular flexibility index (Phi) is 3.53. The minimum atomic E-state index is -0.314. The second kappa shape index (κ2) is 5.62. The standard InChI is InChI=1S/C16H16N6O2S/c1-9-17-14(7-21-15(23)8-20(3)16(21)24)22(19-9)11-4-5-12-13(6-11)25-10(2)18-12/h4-6H,7-8H2,1-3H3. The molecule has 9 heteroatoms. The van der Waals surface area contributed by atoms with Gasteiger partial charge in [-0.1, -0.05) is 0 Å². The maximum absolute atomic E-state index is 12.1. The van der Waals surface area contributed by atoms with E-state index in [0.717, 1.165) is 20.9 Å². The summed E-state index contributed by atoms with van der Waals surface area (Å²) in [4.78, 5) is 35.6. The molecule has 0 unspecified atom stereocenters. The van der Waals surface area contributed by atoms with Crippen molar-refractivity contribution in [3.63, 3.8) is 0 Å². The number of carbonyl (C=O) groups excluding carboxylic acids is 2. The van der Waals surface area contributed by atoms with E-state index in [1.165, 1.54) is 9.80 Å². The number of aryl methyl sites for hydroxylation is 2. The Labute approximate surface area is 147 Å². The molecule has 4 rings (SSSR count). The van der Waals surface area contributed by atoms with Gasteiger partial charge in [-0.15, -0.1) is 11.3 Å². The molecular formula is C16H16N6O2S. The molecule has 1 aromatic carbocycles. The lowest BCUT2D eigenvalue weighted by molar-refractivity contribution is -0.125. The summed E-state index contributed by atoms with van der Waals surface area (Å²) >= 11 is 1.61. The van der Waals surface area contributed by atoms with Crippen molar-refractivity contribution in [3.05, 3.63) is 34.9 Å². The van der Waals surface area contributed by atoms with E-state index in [4.69, 9.17) is 0 Å². The summed E-state index contributed by atoms with van der Waals surface area (Å²) in [5.41, 5.74) is 1.77. The van der Waals surface area contributed by atoms with E-state index >= 15 is 0 Å². The zero-order valence-corrected chi connectivity index (χ0v) is 14.9. The first-order valence-corrected chi connectivity index (χ1v) is 8.59. The molecule has 25 heavy (non-hydrogen) atoms. The van der Waals surface area contributed by atoms with Crippen LogP contribution in [-0.4, -0.2) is 55.1 Å². The summed E-state index contributed by atoms with van der Waals surface area (Å²) in [7, 11) is 1.61. The van der Waals surface area contributed by atoms with E-state index in [0.29, 0.717) is 11.6 Å². The first kappa shape index (κ1) is 15.7. The molecule has 0 aliphatic carbocycles. The molecule has 1 saturated heterocycles. The highest BCUT2D eigenvalue weighted by atomic mass is 32.1. The van der Waals surface area contributed by atoms with Crippen LogP contribution in [0.15, 0.2) is 18.2 Å². The third-order valence-corrected chi connectivity index (χ3v) is 4.97. The molecule has 0 N–H and O–H groups in total. The second-order valence-corrected chi connectivity index (χ2v) is 7.23. The van der Waals surface area contributed by atoms with E-state index < -0.39 is 0 Å². The number of hydrogen-bond donors (Lipinski definition) is 0. The molecule has 8 nitrogen and oxygen atoms in total. The molecular weight excluding hydrogens is 340 g/mol. The van der Waals surface area contributed by atoms with Gasteiger partial charge >= 0.3 is 6.03 Å². The highest BCUT2D eigenvalue weighted by molar-refractivity contribution is 7.18. The van der Waals surface area contributed by atoms with Crippen LogP contribution in [0.2, 0.25) is 0 Å². The van der Waals surface area contributed by atoms with Crippen molar-refractivity contribution in [1.82, 2.24) is 29.5 Å². The SMILES string of the molecule is Cc1nc(CN2C(=O)CN(C)C2=O)n(-c2ccc3nc(C)sc3c2)n1. The quantitative estimate of drug-likeness (QED) is 0.669. The smallest absolute Gasteiger partial charge is 0.318 e. The van der Waals surface area contributed by atoms with Crippen LogP contribution in [0.5, 0.6) is 0 Å². The number of urea groups is 1. The topological polar surface area (TPSA) is 84.2 Å². The lowest BCUT2D eigenvalue weighted by Gasteiger charge is -2.14. The lowest BCUT2D eigenvalue weighted by Crippen LogP contribution is -2.32. The van der Waals surface area contributed by atoms with Gasteiger partial charge in [-0.2, -0.15) is 5.10 Å². The zero-order valence-electron chi connectivity index (χ0n) is 14.1. The van der Waals surface area contributed by atoms with Crippen LogP contribution in [0.1, 0.15) is 16.7 Å². The van der Waals surface area contributed by atoms with Crippen LogP contribution in [0, 0.1) is 13.8 Å². The monoisotopic (exact) mass is 356 g/mol. The van der Waals surface area contributed by atoms with Gasteiger partial charge < -0.3 is 4.90 Å². The molecule has 2 aromatic heterocycles. The van der Waals surface area contributed by atoms with Crippen molar-refractivity contribution in [1.29, 1.82) is 0 Å². The fourth-order valence-electron chi connectivity index (χ4n) is 2.89. The number of likely N-dealkylation sites (N-methyl/N-ethyl adjacent to an activating group) is 1. The number of fused-ring (bicyclic) bond motifs is 1. The van der Waals surface area contributed by atoms with Gasteiger partial charge in [-0.05, 0) is 32.0 Å². The van der Waals surface area contributed by atoms with E-state index in [2.05, 4.69) is 15.1 Å². The van der Waals surface area contributed by atoms with Gasteiger partial charge in [-0.3, -0.25) is 9.69 Å². The Bertz CT molecular complexity index is 1010. The summed E-state index contributed by atoms with van der Waals surface area (Å²) < 4.78 is 2.74. The Morgan fingerprint density at radius 1 is 1.20 bits per heavy atom. The van der Waals surface area contributed by atoms with Crippen molar-refractivity contribution in [3.8, 4) is 5.69 Å².